The smallest absolute Gasteiger partial charge is 0.344 e. The Morgan fingerprint density at radius 1 is 0.921 bits per heavy atom. The maximum absolute atomic E-state index is 12.8. The monoisotopic (exact) mass is 521 g/mol. The fourth-order valence-electron chi connectivity index (χ4n) is 4.48. The lowest BCUT2D eigenvalue weighted by atomic mass is 9.97. The van der Waals surface area contributed by atoms with Gasteiger partial charge in [-0.2, -0.15) is 0 Å². The number of esters is 1. The van der Waals surface area contributed by atoms with Gasteiger partial charge in [-0.05, 0) is 49.8 Å². The number of hydrogen-bond donors (Lipinski definition) is 0. The van der Waals surface area contributed by atoms with Crippen LogP contribution in [0.25, 0.3) is 22.1 Å². The van der Waals surface area contributed by atoms with Crippen LogP contribution in [0.1, 0.15) is 89.7 Å². The second-order valence-corrected chi connectivity index (χ2v) is 10.1. The van der Waals surface area contributed by atoms with Crippen LogP contribution >= 0.6 is 0 Å². The molecule has 38 heavy (non-hydrogen) atoms. The third-order valence-electron chi connectivity index (χ3n) is 7.10. The molecule has 0 aliphatic rings. The SMILES string of the molecule is CCc1ccc(C)cc1-c1cc2c(OCCCCCCCCCCOC(=O)C(C)CC)nccc2oc1=O. The molecule has 6 nitrogen and oxygen atoms in total. The number of aryl methyl sites for hydroxylation is 2. The molecular weight excluding hydrogens is 478 g/mol. The topological polar surface area (TPSA) is 78.6 Å². The van der Waals surface area contributed by atoms with E-state index in [1.807, 2.05) is 32.9 Å². The molecule has 3 rings (SSSR count). The minimum absolute atomic E-state index is 0.00108. The van der Waals surface area contributed by atoms with E-state index in [0.717, 1.165) is 60.6 Å². The molecule has 2 aromatic heterocycles. The average Bonchev–Trinajstić information content (AvgIpc) is 2.92. The molecule has 0 amide bonds. The first-order valence-electron chi connectivity index (χ1n) is 14.3. The zero-order chi connectivity index (χ0) is 27.3. The van der Waals surface area contributed by atoms with Crippen LogP contribution in [0, 0.1) is 12.8 Å². The predicted molar refractivity (Wildman–Crippen MR) is 153 cm³/mol. The molecule has 0 bridgehead atoms. The largest absolute Gasteiger partial charge is 0.477 e. The molecule has 2 heterocycles. The third-order valence-corrected chi connectivity index (χ3v) is 7.10. The van der Waals surface area contributed by atoms with Gasteiger partial charge < -0.3 is 13.9 Å². The highest BCUT2D eigenvalue weighted by Crippen LogP contribution is 2.29. The van der Waals surface area contributed by atoms with E-state index in [9.17, 15) is 9.59 Å². The van der Waals surface area contributed by atoms with Crippen LogP contribution in [0.15, 0.2) is 45.7 Å². The number of aromatic nitrogens is 1. The molecule has 0 N–H and O–H groups in total. The van der Waals surface area contributed by atoms with Crippen molar-refractivity contribution in [1.82, 2.24) is 4.98 Å². The standard InChI is InChI=1S/C32H43NO5/c1-5-24(4)31(34)37-20-14-12-10-8-7-9-11-13-19-36-30-28-22-27(32(35)38-29(28)17-18-33-30)26-21-23(3)15-16-25(26)6-2/h15-18,21-22,24H,5-14,19-20H2,1-4H3. The maximum Gasteiger partial charge on any atom is 0.344 e. The third kappa shape index (κ3) is 8.44. The Labute approximate surface area is 226 Å². The molecule has 0 aliphatic heterocycles. The molecule has 206 valence electrons. The summed E-state index contributed by atoms with van der Waals surface area (Å²) >= 11 is 0. The minimum atomic E-state index is -0.345. The van der Waals surface area contributed by atoms with Gasteiger partial charge in [-0.3, -0.25) is 4.79 Å². The quantitative estimate of drug-likeness (QED) is 0.141. The van der Waals surface area contributed by atoms with Crippen molar-refractivity contribution in [1.29, 1.82) is 0 Å². The van der Waals surface area contributed by atoms with Gasteiger partial charge in [0, 0.05) is 12.3 Å². The summed E-state index contributed by atoms with van der Waals surface area (Å²) in [4.78, 5) is 28.9. The number of carbonyl (C=O) groups excluding carboxylic acids is 1. The Balaban J connectivity index is 1.42. The summed E-state index contributed by atoms with van der Waals surface area (Å²) in [7, 11) is 0. The Kier molecular flexibility index (Phi) is 11.8. The summed E-state index contributed by atoms with van der Waals surface area (Å²) in [5.41, 5.74) is 3.81. The summed E-state index contributed by atoms with van der Waals surface area (Å²) < 4.78 is 17.0. The van der Waals surface area contributed by atoms with Gasteiger partial charge in [-0.15, -0.1) is 0 Å². The van der Waals surface area contributed by atoms with Gasteiger partial charge in [0.1, 0.15) is 5.58 Å². The van der Waals surface area contributed by atoms with Crippen molar-refractivity contribution in [3.63, 3.8) is 0 Å². The zero-order valence-corrected chi connectivity index (χ0v) is 23.5. The van der Waals surface area contributed by atoms with Gasteiger partial charge in [-0.1, -0.05) is 83.1 Å². The summed E-state index contributed by atoms with van der Waals surface area (Å²) in [5.74, 6) is 0.434. The van der Waals surface area contributed by atoms with Crippen LogP contribution in [0.2, 0.25) is 0 Å². The second-order valence-electron chi connectivity index (χ2n) is 10.1. The zero-order valence-electron chi connectivity index (χ0n) is 23.5. The van der Waals surface area contributed by atoms with E-state index in [1.54, 1.807) is 12.3 Å². The summed E-state index contributed by atoms with van der Waals surface area (Å²) in [6, 6.07) is 9.75. The summed E-state index contributed by atoms with van der Waals surface area (Å²) in [5, 5.41) is 0.723. The number of carbonyl (C=O) groups is 1. The summed E-state index contributed by atoms with van der Waals surface area (Å²) in [6.07, 6.45) is 12.1. The van der Waals surface area contributed by atoms with Crippen molar-refractivity contribution >= 4 is 16.9 Å². The number of benzene rings is 1. The van der Waals surface area contributed by atoms with Crippen molar-refractivity contribution in [2.75, 3.05) is 13.2 Å². The van der Waals surface area contributed by atoms with Crippen LogP contribution in [0.3, 0.4) is 0 Å². The van der Waals surface area contributed by atoms with Crippen molar-refractivity contribution in [2.45, 2.75) is 91.9 Å². The number of unbranched alkanes of at least 4 members (excludes halogenated alkanes) is 7. The Morgan fingerprint density at radius 3 is 2.29 bits per heavy atom. The molecule has 0 spiro atoms. The second kappa shape index (κ2) is 15.3. The van der Waals surface area contributed by atoms with E-state index in [1.165, 1.54) is 25.7 Å². The van der Waals surface area contributed by atoms with E-state index in [2.05, 4.69) is 24.0 Å². The average molecular weight is 522 g/mol. The lowest BCUT2D eigenvalue weighted by Gasteiger charge is -2.11. The highest BCUT2D eigenvalue weighted by atomic mass is 16.5. The normalized spacial score (nSPS) is 12.0. The van der Waals surface area contributed by atoms with E-state index in [0.29, 0.717) is 30.2 Å². The number of pyridine rings is 1. The molecule has 0 fully saturated rings. The molecule has 3 aromatic rings. The van der Waals surface area contributed by atoms with Gasteiger partial charge in [0.25, 0.3) is 0 Å². The van der Waals surface area contributed by atoms with Crippen LogP contribution in [0.5, 0.6) is 5.88 Å². The predicted octanol–water partition coefficient (Wildman–Crippen LogP) is 7.81. The van der Waals surface area contributed by atoms with Crippen LogP contribution in [-0.4, -0.2) is 24.2 Å². The van der Waals surface area contributed by atoms with Crippen LogP contribution < -0.4 is 10.4 Å². The number of nitrogens with zero attached hydrogens (tertiary/aromatic N) is 1. The molecule has 0 saturated heterocycles. The molecule has 6 heteroatoms. The van der Waals surface area contributed by atoms with E-state index in [4.69, 9.17) is 13.9 Å². The van der Waals surface area contributed by atoms with Crippen molar-refractivity contribution in [2.24, 2.45) is 5.92 Å². The summed E-state index contributed by atoms with van der Waals surface area (Å²) in [6.45, 7) is 9.14. The Bertz CT molecular complexity index is 1230. The van der Waals surface area contributed by atoms with Gasteiger partial charge in [0.2, 0.25) is 5.88 Å². The highest BCUT2D eigenvalue weighted by Gasteiger charge is 2.15. The highest BCUT2D eigenvalue weighted by molar-refractivity contribution is 5.86. The molecule has 1 aromatic carbocycles. The molecule has 0 aliphatic carbocycles. The van der Waals surface area contributed by atoms with Crippen LogP contribution in [-0.2, 0) is 16.0 Å². The van der Waals surface area contributed by atoms with Gasteiger partial charge >= 0.3 is 11.6 Å². The van der Waals surface area contributed by atoms with Crippen molar-refractivity contribution in [3.05, 3.63) is 58.1 Å². The fourth-order valence-corrected chi connectivity index (χ4v) is 4.48. The first-order valence-corrected chi connectivity index (χ1v) is 14.3. The van der Waals surface area contributed by atoms with Gasteiger partial charge in [-0.25, -0.2) is 9.78 Å². The molecule has 0 saturated carbocycles. The van der Waals surface area contributed by atoms with Crippen molar-refractivity contribution in [3.8, 4) is 17.0 Å². The van der Waals surface area contributed by atoms with E-state index < -0.39 is 0 Å². The lowest BCUT2D eigenvalue weighted by Crippen LogP contribution is -2.14. The molecule has 1 atom stereocenters. The van der Waals surface area contributed by atoms with Gasteiger partial charge in [0.05, 0.1) is 30.1 Å². The van der Waals surface area contributed by atoms with E-state index in [-0.39, 0.29) is 17.5 Å². The number of fused-ring (bicyclic) bond motifs is 1. The molecular formula is C32H43NO5. The minimum Gasteiger partial charge on any atom is -0.477 e. The lowest BCUT2D eigenvalue weighted by molar-refractivity contribution is -0.148. The maximum atomic E-state index is 12.8. The number of rotatable bonds is 16. The Hall–Kier alpha value is -3.15. The van der Waals surface area contributed by atoms with E-state index >= 15 is 0 Å². The molecule has 0 radical (unpaired) electrons. The first kappa shape index (κ1) is 29.4. The van der Waals surface area contributed by atoms with Crippen LogP contribution in [0.4, 0.5) is 0 Å². The first-order chi connectivity index (χ1) is 18.4. The number of ether oxygens (including phenoxy) is 2. The molecule has 1 unspecified atom stereocenters. The van der Waals surface area contributed by atoms with Gasteiger partial charge in [0.15, 0.2) is 0 Å². The van der Waals surface area contributed by atoms with Crippen molar-refractivity contribution < 1.29 is 18.7 Å². The fraction of sp³-hybridized carbons (Fsp3) is 0.531. The number of hydrogen-bond acceptors (Lipinski definition) is 6. The Morgan fingerprint density at radius 2 is 1.61 bits per heavy atom.